The molecule has 1 unspecified atom stereocenters. The van der Waals surface area contributed by atoms with Crippen LogP contribution in [0.5, 0.6) is 0 Å². The van der Waals surface area contributed by atoms with Gasteiger partial charge in [0, 0.05) is 38.8 Å². The van der Waals surface area contributed by atoms with E-state index >= 15 is 0 Å². The SMILES string of the molecule is CN(c1cc(N(C)C2CCNC2)ncn1)C1CCC1. The minimum atomic E-state index is 0.553. The maximum Gasteiger partial charge on any atom is 0.134 e. The van der Waals surface area contributed by atoms with Crippen molar-refractivity contribution in [2.45, 2.75) is 37.8 Å². The van der Waals surface area contributed by atoms with E-state index in [2.05, 4.69) is 45.2 Å². The van der Waals surface area contributed by atoms with Crippen molar-refractivity contribution in [1.82, 2.24) is 15.3 Å². The Bertz CT molecular complexity index is 426. The number of likely N-dealkylation sites (N-methyl/N-ethyl adjacent to an activating group) is 1. The molecule has 1 aromatic heterocycles. The standard InChI is InChI=1S/C14H23N5/c1-18(11-4-3-5-11)13-8-14(17-10-16-13)19(2)12-6-7-15-9-12/h8,10-12,15H,3-7,9H2,1-2H3. The number of nitrogens with one attached hydrogen (secondary N) is 1. The lowest BCUT2D eigenvalue weighted by Gasteiger charge is -2.36. The molecule has 1 aliphatic carbocycles. The van der Waals surface area contributed by atoms with E-state index in [4.69, 9.17) is 0 Å². The van der Waals surface area contributed by atoms with Crippen LogP contribution in [-0.2, 0) is 0 Å². The summed E-state index contributed by atoms with van der Waals surface area (Å²) in [6.07, 6.45) is 6.81. The van der Waals surface area contributed by atoms with Crippen molar-refractivity contribution in [2.24, 2.45) is 0 Å². The molecule has 1 saturated heterocycles. The summed E-state index contributed by atoms with van der Waals surface area (Å²) in [5, 5.41) is 3.40. The van der Waals surface area contributed by atoms with E-state index in [1.807, 2.05) is 0 Å². The quantitative estimate of drug-likeness (QED) is 0.884. The zero-order chi connectivity index (χ0) is 13.2. The van der Waals surface area contributed by atoms with Crippen LogP contribution in [0.3, 0.4) is 0 Å². The van der Waals surface area contributed by atoms with Crippen molar-refractivity contribution in [3.63, 3.8) is 0 Å². The molecule has 1 atom stereocenters. The van der Waals surface area contributed by atoms with Gasteiger partial charge in [-0.1, -0.05) is 0 Å². The Morgan fingerprint density at radius 2 is 1.74 bits per heavy atom. The highest BCUT2D eigenvalue weighted by Gasteiger charge is 2.24. The van der Waals surface area contributed by atoms with Gasteiger partial charge in [-0.25, -0.2) is 9.97 Å². The van der Waals surface area contributed by atoms with E-state index in [0.29, 0.717) is 12.1 Å². The summed E-state index contributed by atoms with van der Waals surface area (Å²) in [6, 6.07) is 3.34. The van der Waals surface area contributed by atoms with Gasteiger partial charge >= 0.3 is 0 Å². The number of rotatable bonds is 4. The summed E-state index contributed by atoms with van der Waals surface area (Å²) in [4.78, 5) is 13.4. The van der Waals surface area contributed by atoms with Crippen LogP contribution in [0.4, 0.5) is 11.6 Å². The topological polar surface area (TPSA) is 44.3 Å². The van der Waals surface area contributed by atoms with E-state index in [1.165, 1.54) is 25.7 Å². The van der Waals surface area contributed by atoms with E-state index in [9.17, 15) is 0 Å². The lowest BCUT2D eigenvalue weighted by Crippen LogP contribution is -2.38. The molecule has 0 amide bonds. The predicted molar refractivity (Wildman–Crippen MR) is 77.8 cm³/mol. The van der Waals surface area contributed by atoms with E-state index in [-0.39, 0.29) is 0 Å². The van der Waals surface area contributed by atoms with Gasteiger partial charge in [-0.2, -0.15) is 0 Å². The van der Waals surface area contributed by atoms with Gasteiger partial charge < -0.3 is 15.1 Å². The molecule has 1 saturated carbocycles. The molecule has 3 rings (SSSR count). The first-order valence-corrected chi connectivity index (χ1v) is 7.24. The van der Waals surface area contributed by atoms with Crippen molar-refractivity contribution in [3.05, 3.63) is 12.4 Å². The molecule has 2 fully saturated rings. The molecular weight excluding hydrogens is 238 g/mol. The monoisotopic (exact) mass is 261 g/mol. The van der Waals surface area contributed by atoms with Gasteiger partial charge in [0.25, 0.3) is 0 Å². The predicted octanol–water partition coefficient (Wildman–Crippen LogP) is 1.26. The van der Waals surface area contributed by atoms with Crippen molar-refractivity contribution < 1.29 is 0 Å². The Labute approximate surface area is 115 Å². The van der Waals surface area contributed by atoms with Crippen molar-refractivity contribution in [1.29, 1.82) is 0 Å². The van der Waals surface area contributed by atoms with E-state index < -0.39 is 0 Å². The number of hydrogen-bond acceptors (Lipinski definition) is 5. The molecule has 0 spiro atoms. The van der Waals surface area contributed by atoms with Gasteiger partial charge in [0.15, 0.2) is 0 Å². The van der Waals surface area contributed by atoms with Gasteiger partial charge in [-0.05, 0) is 32.2 Å². The number of anilines is 2. The zero-order valence-electron chi connectivity index (χ0n) is 11.8. The second-order valence-corrected chi connectivity index (χ2v) is 5.69. The molecular formula is C14H23N5. The second-order valence-electron chi connectivity index (χ2n) is 5.69. The molecule has 0 aromatic carbocycles. The smallest absolute Gasteiger partial charge is 0.134 e. The molecule has 0 bridgehead atoms. The Morgan fingerprint density at radius 3 is 2.26 bits per heavy atom. The van der Waals surface area contributed by atoms with Crippen molar-refractivity contribution in [2.75, 3.05) is 37.0 Å². The lowest BCUT2D eigenvalue weighted by atomic mass is 9.92. The van der Waals surface area contributed by atoms with Gasteiger partial charge in [0.05, 0.1) is 0 Å². The second kappa shape index (κ2) is 5.33. The van der Waals surface area contributed by atoms with Crippen LogP contribution in [0.15, 0.2) is 12.4 Å². The van der Waals surface area contributed by atoms with Crippen LogP contribution < -0.4 is 15.1 Å². The molecule has 5 nitrogen and oxygen atoms in total. The minimum absolute atomic E-state index is 0.553. The van der Waals surface area contributed by atoms with Crippen LogP contribution in [0.25, 0.3) is 0 Å². The third-order valence-corrected chi connectivity index (χ3v) is 4.57. The normalized spacial score (nSPS) is 23.2. The maximum absolute atomic E-state index is 4.43. The van der Waals surface area contributed by atoms with Gasteiger partial charge in [-0.15, -0.1) is 0 Å². The fraction of sp³-hybridized carbons (Fsp3) is 0.714. The highest BCUT2D eigenvalue weighted by molar-refractivity contribution is 5.50. The van der Waals surface area contributed by atoms with Crippen LogP contribution in [0.2, 0.25) is 0 Å². The molecule has 1 aromatic rings. The summed E-state index contributed by atoms with van der Waals surface area (Å²) in [5.74, 6) is 2.08. The zero-order valence-corrected chi connectivity index (χ0v) is 11.8. The average Bonchev–Trinajstić information content (AvgIpc) is 2.90. The maximum atomic E-state index is 4.43. The summed E-state index contributed by atoms with van der Waals surface area (Å²) in [6.45, 7) is 2.16. The fourth-order valence-corrected chi connectivity index (χ4v) is 2.84. The first-order chi connectivity index (χ1) is 9.25. The lowest BCUT2D eigenvalue weighted by molar-refractivity contribution is 0.399. The van der Waals surface area contributed by atoms with E-state index in [0.717, 1.165) is 24.7 Å². The molecule has 104 valence electrons. The molecule has 2 aliphatic rings. The summed E-state index contributed by atoms with van der Waals surface area (Å²) < 4.78 is 0. The molecule has 5 heteroatoms. The molecule has 0 radical (unpaired) electrons. The van der Waals surface area contributed by atoms with Crippen molar-refractivity contribution >= 4 is 11.6 Å². The van der Waals surface area contributed by atoms with Gasteiger partial charge in [-0.3, -0.25) is 0 Å². The number of nitrogens with zero attached hydrogens (tertiary/aromatic N) is 4. The van der Waals surface area contributed by atoms with Crippen LogP contribution in [-0.4, -0.2) is 49.2 Å². The van der Waals surface area contributed by atoms with Crippen LogP contribution in [0.1, 0.15) is 25.7 Å². The van der Waals surface area contributed by atoms with E-state index in [1.54, 1.807) is 6.33 Å². The minimum Gasteiger partial charge on any atom is -0.357 e. The molecule has 2 heterocycles. The summed E-state index contributed by atoms with van der Waals surface area (Å²) >= 11 is 0. The Hall–Kier alpha value is -1.36. The molecule has 1 N–H and O–H groups in total. The first-order valence-electron chi connectivity index (χ1n) is 7.24. The van der Waals surface area contributed by atoms with Crippen LogP contribution in [0, 0.1) is 0 Å². The number of hydrogen-bond donors (Lipinski definition) is 1. The Balaban J connectivity index is 1.74. The average molecular weight is 261 g/mol. The largest absolute Gasteiger partial charge is 0.357 e. The summed E-state index contributed by atoms with van der Waals surface area (Å²) in [7, 11) is 4.28. The van der Waals surface area contributed by atoms with Gasteiger partial charge in [0.2, 0.25) is 0 Å². The Kier molecular flexibility index (Phi) is 3.55. The number of aromatic nitrogens is 2. The third-order valence-electron chi connectivity index (χ3n) is 4.57. The fourth-order valence-electron chi connectivity index (χ4n) is 2.84. The first kappa shape index (κ1) is 12.7. The Morgan fingerprint density at radius 1 is 1.05 bits per heavy atom. The third kappa shape index (κ3) is 2.52. The van der Waals surface area contributed by atoms with Gasteiger partial charge in [0.1, 0.15) is 18.0 Å². The van der Waals surface area contributed by atoms with Crippen molar-refractivity contribution in [3.8, 4) is 0 Å². The highest BCUT2D eigenvalue weighted by atomic mass is 15.3. The molecule has 19 heavy (non-hydrogen) atoms. The summed E-state index contributed by atoms with van der Waals surface area (Å²) in [5.41, 5.74) is 0. The molecule has 1 aliphatic heterocycles. The van der Waals surface area contributed by atoms with Crippen LogP contribution >= 0.6 is 0 Å². The highest BCUT2D eigenvalue weighted by Crippen LogP contribution is 2.28.